The molecule has 1 fully saturated rings. The van der Waals surface area contributed by atoms with Crippen molar-refractivity contribution in [3.05, 3.63) is 29.8 Å². The molecule has 1 aromatic rings. The minimum absolute atomic E-state index is 0.384. The van der Waals surface area contributed by atoms with Crippen molar-refractivity contribution in [2.24, 2.45) is 0 Å². The minimum Gasteiger partial charge on any atom is -0.487 e. The third-order valence-corrected chi connectivity index (χ3v) is 2.87. The Morgan fingerprint density at radius 1 is 1.27 bits per heavy atom. The van der Waals surface area contributed by atoms with Crippen molar-refractivity contribution in [2.75, 3.05) is 20.1 Å². The Bertz CT molecular complexity index is 329. The number of hydrogen-bond donors (Lipinski definition) is 0. The van der Waals surface area contributed by atoms with E-state index in [-0.39, 0.29) is 0 Å². The molecule has 0 saturated carbocycles. The van der Waals surface area contributed by atoms with E-state index in [1.165, 1.54) is 5.56 Å². The van der Waals surface area contributed by atoms with Crippen LogP contribution in [0.4, 0.5) is 0 Å². The van der Waals surface area contributed by atoms with Crippen LogP contribution in [0.3, 0.4) is 0 Å². The van der Waals surface area contributed by atoms with Gasteiger partial charge in [-0.05, 0) is 24.6 Å². The molecule has 2 heteroatoms. The van der Waals surface area contributed by atoms with Crippen molar-refractivity contribution in [1.29, 1.82) is 0 Å². The summed E-state index contributed by atoms with van der Waals surface area (Å²) < 4.78 is 5.97. The predicted octanol–water partition coefficient (Wildman–Crippen LogP) is 2.50. The maximum absolute atomic E-state index is 5.97. The summed E-state index contributed by atoms with van der Waals surface area (Å²) >= 11 is 0. The van der Waals surface area contributed by atoms with Gasteiger partial charge in [0.05, 0.1) is 0 Å². The molecule has 0 unspecified atom stereocenters. The Labute approximate surface area is 91.9 Å². The van der Waals surface area contributed by atoms with E-state index in [1.54, 1.807) is 0 Å². The summed E-state index contributed by atoms with van der Waals surface area (Å²) in [6.07, 6.45) is 0.384. The summed E-state index contributed by atoms with van der Waals surface area (Å²) in [6.45, 7) is 6.50. The normalized spacial score (nSPS) is 17.9. The maximum atomic E-state index is 5.97. The molecule has 0 spiro atoms. The second-order valence-corrected chi connectivity index (χ2v) is 4.65. The van der Waals surface area contributed by atoms with Crippen LogP contribution in [0.2, 0.25) is 0 Å². The molecule has 0 aliphatic carbocycles. The minimum atomic E-state index is 0.384. The highest BCUT2D eigenvalue weighted by Crippen LogP contribution is 2.27. The number of nitrogens with zero attached hydrogens (tertiary/aromatic N) is 1. The molecule has 0 N–H and O–H groups in total. The Morgan fingerprint density at radius 2 is 1.93 bits per heavy atom. The molecule has 2 nitrogen and oxygen atoms in total. The van der Waals surface area contributed by atoms with Gasteiger partial charge in [0.15, 0.2) is 0 Å². The lowest BCUT2D eigenvalue weighted by atomic mass is 10.0. The molecule has 0 atom stereocenters. The van der Waals surface area contributed by atoms with Gasteiger partial charge in [0.25, 0.3) is 0 Å². The van der Waals surface area contributed by atoms with Crippen LogP contribution >= 0.6 is 0 Å². The van der Waals surface area contributed by atoms with Gasteiger partial charge < -0.3 is 4.74 Å². The number of benzene rings is 1. The standard InChI is InChI=1S/C13H19NO/c1-10(2)12-6-4-5-7-13(12)15-11-8-14(3)9-11/h4-7,10-11H,8-9H2,1-3H3. The van der Waals surface area contributed by atoms with E-state index in [0.29, 0.717) is 12.0 Å². The van der Waals surface area contributed by atoms with E-state index < -0.39 is 0 Å². The fraction of sp³-hybridized carbons (Fsp3) is 0.538. The summed E-state index contributed by atoms with van der Waals surface area (Å²) in [5, 5.41) is 0. The molecule has 1 aliphatic heterocycles. The maximum Gasteiger partial charge on any atom is 0.124 e. The molecule has 15 heavy (non-hydrogen) atoms. The second kappa shape index (κ2) is 4.23. The zero-order valence-electron chi connectivity index (χ0n) is 9.73. The van der Waals surface area contributed by atoms with Crippen molar-refractivity contribution < 1.29 is 4.74 Å². The Balaban J connectivity index is 2.07. The molecule has 1 heterocycles. The van der Waals surface area contributed by atoms with Crippen LogP contribution in [-0.4, -0.2) is 31.1 Å². The van der Waals surface area contributed by atoms with Crippen LogP contribution in [0.15, 0.2) is 24.3 Å². The van der Waals surface area contributed by atoms with Gasteiger partial charge in [0.1, 0.15) is 11.9 Å². The van der Waals surface area contributed by atoms with Crippen molar-refractivity contribution in [3.63, 3.8) is 0 Å². The van der Waals surface area contributed by atoms with E-state index in [9.17, 15) is 0 Å². The number of hydrogen-bond acceptors (Lipinski definition) is 2. The Kier molecular flexibility index (Phi) is 2.96. The second-order valence-electron chi connectivity index (χ2n) is 4.65. The van der Waals surface area contributed by atoms with Crippen molar-refractivity contribution in [1.82, 2.24) is 4.90 Å². The van der Waals surface area contributed by atoms with Gasteiger partial charge in [0.2, 0.25) is 0 Å². The molecule has 1 aromatic carbocycles. The SMILES string of the molecule is CC(C)c1ccccc1OC1CN(C)C1. The summed E-state index contributed by atoms with van der Waals surface area (Å²) in [5.74, 6) is 1.59. The average molecular weight is 205 g/mol. The molecule has 1 aliphatic rings. The first kappa shape index (κ1) is 10.5. The zero-order chi connectivity index (χ0) is 10.8. The highest BCUT2D eigenvalue weighted by Gasteiger charge is 2.25. The smallest absolute Gasteiger partial charge is 0.124 e. The van der Waals surface area contributed by atoms with Crippen LogP contribution < -0.4 is 4.74 Å². The van der Waals surface area contributed by atoms with Gasteiger partial charge in [-0.25, -0.2) is 0 Å². The molecular formula is C13H19NO. The first-order valence-corrected chi connectivity index (χ1v) is 5.61. The van der Waals surface area contributed by atoms with Crippen LogP contribution in [0.25, 0.3) is 0 Å². The first-order valence-electron chi connectivity index (χ1n) is 5.61. The average Bonchev–Trinajstić information content (AvgIpc) is 2.16. The Hall–Kier alpha value is -1.02. The van der Waals surface area contributed by atoms with Gasteiger partial charge in [-0.3, -0.25) is 4.90 Å². The van der Waals surface area contributed by atoms with E-state index in [0.717, 1.165) is 18.8 Å². The first-order chi connectivity index (χ1) is 7.16. The third kappa shape index (κ3) is 2.32. The summed E-state index contributed by atoms with van der Waals surface area (Å²) in [6, 6.07) is 8.36. The van der Waals surface area contributed by atoms with Gasteiger partial charge in [-0.1, -0.05) is 32.0 Å². The highest BCUT2D eigenvalue weighted by atomic mass is 16.5. The lowest BCUT2D eigenvalue weighted by Crippen LogP contribution is -2.51. The van der Waals surface area contributed by atoms with Crippen LogP contribution in [0.5, 0.6) is 5.75 Å². The van der Waals surface area contributed by atoms with Crippen LogP contribution in [-0.2, 0) is 0 Å². The Morgan fingerprint density at radius 3 is 2.53 bits per heavy atom. The van der Waals surface area contributed by atoms with Crippen LogP contribution in [0, 0.1) is 0 Å². The number of likely N-dealkylation sites (tertiary alicyclic amines) is 1. The van der Waals surface area contributed by atoms with Crippen molar-refractivity contribution in [2.45, 2.75) is 25.9 Å². The summed E-state index contributed by atoms with van der Waals surface area (Å²) in [4.78, 5) is 2.27. The number of ether oxygens (including phenoxy) is 1. The van der Waals surface area contributed by atoms with Gasteiger partial charge in [-0.2, -0.15) is 0 Å². The summed E-state index contributed by atoms with van der Waals surface area (Å²) in [5.41, 5.74) is 1.31. The largest absolute Gasteiger partial charge is 0.487 e. The zero-order valence-corrected chi connectivity index (χ0v) is 9.73. The van der Waals surface area contributed by atoms with Gasteiger partial charge in [-0.15, -0.1) is 0 Å². The van der Waals surface area contributed by atoms with Crippen molar-refractivity contribution >= 4 is 0 Å². The topological polar surface area (TPSA) is 12.5 Å². The fourth-order valence-corrected chi connectivity index (χ4v) is 1.96. The molecule has 82 valence electrons. The molecule has 1 saturated heterocycles. The van der Waals surface area contributed by atoms with E-state index in [1.807, 2.05) is 6.07 Å². The van der Waals surface area contributed by atoms with Gasteiger partial charge in [0, 0.05) is 13.1 Å². The number of para-hydroxylation sites is 1. The number of likely N-dealkylation sites (N-methyl/N-ethyl adjacent to an activating group) is 1. The predicted molar refractivity (Wildman–Crippen MR) is 62.4 cm³/mol. The lowest BCUT2D eigenvalue weighted by molar-refractivity contribution is 0.0380. The summed E-state index contributed by atoms with van der Waals surface area (Å²) in [7, 11) is 2.12. The quantitative estimate of drug-likeness (QED) is 0.751. The van der Waals surface area contributed by atoms with Crippen LogP contribution in [0.1, 0.15) is 25.3 Å². The molecule has 2 rings (SSSR count). The third-order valence-electron chi connectivity index (χ3n) is 2.87. The molecule has 0 radical (unpaired) electrons. The van der Waals surface area contributed by atoms with E-state index in [4.69, 9.17) is 4.74 Å². The molecular weight excluding hydrogens is 186 g/mol. The molecule has 0 aromatic heterocycles. The lowest BCUT2D eigenvalue weighted by Gasteiger charge is -2.36. The van der Waals surface area contributed by atoms with E-state index in [2.05, 4.69) is 44.0 Å². The molecule has 0 amide bonds. The fourth-order valence-electron chi connectivity index (χ4n) is 1.96. The van der Waals surface area contributed by atoms with E-state index >= 15 is 0 Å². The molecule has 0 bridgehead atoms. The van der Waals surface area contributed by atoms with Crippen molar-refractivity contribution in [3.8, 4) is 5.75 Å². The number of rotatable bonds is 3. The monoisotopic (exact) mass is 205 g/mol. The highest BCUT2D eigenvalue weighted by molar-refractivity contribution is 5.35. The van der Waals surface area contributed by atoms with Gasteiger partial charge >= 0.3 is 0 Å².